The molecule has 2 aromatic carbocycles. The molecular formula is C18H14F4N4. The van der Waals surface area contributed by atoms with E-state index in [1.54, 1.807) is 25.1 Å². The third kappa shape index (κ3) is 4.47. The van der Waals surface area contributed by atoms with Crippen LogP contribution in [0.5, 0.6) is 0 Å². The zero-order valence-corrected chi connectivity index (χ0v) is 13.6. The minimum absolute atomic E-state index is 0.147. The van der Waals surface area contributed by atoms with Crippen molar-refractivity contribution in [1.82, 2.24) is 9.97 Å². The predicted molar refractivity (Wildman–Crippen MR) is 91.2 cm³/mol. The topological polar surface area (TPSA) is 49.8 Å². The zero-order chi connectivity index (χ0) is 18.7. The number of anilines is 4. The highest BCUT2D eigenvalue weighted by atomic mass is 19.4. The smallest absolute Gasteiger partial charge is 0.340 e. The molecular weight excluding hydrogens is 348 g/mol. The van der Waals surface area contributed by atoms with Gasteiger partial charge in [0.2, 0.25) is 5.95 Å². The molecule has 1 heterocycles. The van der Waals surface area contributed by atoms with Gasteiger partial charge in [0.1, 0.15) is 11.6 Å². The molecule has 0 fully saturated rings. The molecule has 2 N–H and O–H groups in total. The monoisotopic (exact) mass is 362 g/mol. The number of aromatic nitrogens is 2. The molecule has 134 valence electrons. The second-order valence-electron chi connectivity index (χ2n) is 5.55. The number of benzene rings is 2. The first-order valence-electron chi connectivity index (χ1n) is 7.62. The molecule has 1 aromatic heterocycles. The van der Waals surface area contributed by atoms with Crippen LogP contribution in [0.15, 0.2) is 54.6 Å². The van der Waals surface area contributed by atoms with Gasteiger partial charge in [-0.25, -0.2) is 9.37 Å². The lowest BCUT2D eigenvalue weighted by molar-refractivity contribution is -0.137. The van der Waals surface area contributed by atoms with Gasteiger partial charge in [0.15, 0.2) is 0 Å². The minimum Gasteiger partial charge on any atom is -0.340 e. The van der Waals surface area contributed by atoms with Gasteiger partial charge in [0, 0.05) is 23.1 Å². The molecule has 0 aliphatic carbocycles. The van der Waals surface area contributed by atoms with E-state index in [4.69, 9.17) is 0 Å². The Kier molecular flexibility index (Phi) is 4.75. The number of nitrogens with one attached hydrogen (secondary N) is 2. The van der Waals surface area contributed by atoms with Gasteiger partial charge in [-0.1, -0.05) is 6.07 Å². The van der Waals surface area contributed by atoms with Gasteiger partial charge in [-0.2, -0.15) is 18.2 Å². The summed E-state index contributed by atoms with van der Waals surface area (Å²) in [4.78, 5) is 8.40. The Morgan fingerprint density at radius 2 is 1.58 bits per heavy atom. The molecule has 0 bridgehead atoms. The highest BCUT2D eigenvalue weighted by molar-refractivity contribution is 5.60. The lowest BCUT2D eigenvalue weighted by Gasteiger charge is -2.12. The van der Waals surface area contributed by atoms with Crippen LogP contribution in [0.2, 0.25) is 0 Å². The van der Waals surface area contributed by atoms with Crippen molar-refractivity contribution >= 4 is 23.1 Å². The molecule has 3 rings (SSSR count). The Hall–Kier alpha value is -3.16. The maximum absolute atomic E-state index is 13.0. The number of alkyl halides is 3. The van der Waals surface area contributed by atoms with E-state index < -0.39 is 11.7 Å². The lowest BCUT2D eigenvalue weighted by atomic mass is 10.2. The molecule has 0 radical (unpaired) electrons. The maximum atomic E-state index is 13.0. The van der Waals surface area contributed by atoms with Gasteiger partial charge in [0.05, 0.1) is 5.56 Å². The summed E-state index contributed by atoms with van der Waals surface area (Å²) in [6, 6.07) is 12.1. The molecule has 0 aliphatic rings. The van der Waals surface area contributed by atoms with E-state index in [9.17, 15) is 17.6 Å². The van der Waals surface area contributed by atoms with E-state index in [0.717, 1.165) is 12.1 Å². The molecule has 3 aromatic rings. The van der Waals surface area contributed by atoms with Crippen molar-refractivity contribution in [2.45, 2.75) is 13.1 Å². The van der Waals surface area contributed by atoms with Gasteiger partial charge < -0.3 is 10.6 Å². The number of aryl methyl sites for hydroxylation is 1. The van der Waals surface area contributed by atoms with E-state index in [0.29, 0.717) is 17.2 Å². The highest BCUT2D eigenvalue weighted by Crippen LogP contribution is 2.31. The Labute approximate surface area is 146 Å². The number of rotatable bonds is 4. The van der Waals surface area contributed by atoms with Crippen molar-refractivity contribution in [3.63, 3.8) is 0 Å². The largest absolute Gasteiger partial charge is 0.416 e. The van der Waals surface area contributed by atoms with Gasteiger partial charge in [-0.3, -0.25) is 0 Å². The third-order valence-electron chi connectivity index (χ3n) is 3.42. The average Bonchev–Trinajstić information content (AvgIpc) is 2.56. The van der Waals surface area contributed by atoms with Gasteiger partial charge >= 0.3 is 6.18 Å². The normalized spacial score (nSPS) is 11.3. The Balaban J connectivity index is 1.83. The second-order valence-corrected chi connectivity index (χ2v) is 5.55. The van der Waals surface area contributed by atoms with Gasteiger partial charge in [0.25, 0.3) is 0 Å². The summed E-state index contributed by atoms with van der Waals surface area (Å²) in [7, 11) is 0. The van der Waals surface area contributed by atoms with Crippen molar-refractivity contribution < 1.29 is 17.6 Å². The summed E-state index contributed by atoms with van der Waals surface area (Å²) in [6.45, 7) is 1.73. The van der Waals surface area contributed by atoms with Gasteiger partial charge in [-0.05, 0) is 49.4 Å². The van der Waals surface area contributed by atoms with E-state index >= 15 is 0 Å². The van der Waals surface area contributed by atoms with E-state index in [1.807, 2.05) is 0 Å². The molecule has 0 unspecified atom stereocenters. The van der Waals surface area contributed by atoms with Crippen molar-refractivity contribution in [1.29, 1.82) is 0 Å². The quantitative estimate of drug-likeness (QED) is 0.608. The van der Waals surface area contributed by atoms with Crippen molar-refractivity contribution in [3.8, 4) is 0 Å². The van der Waals surface area contributed by atoms with Crippen LogP contribution in [0.25, 0.3) is 0 Å². The molecule has 0 aliphatic heterocycles. The number of halogens is 4. The zero-order valence-electron chi connectivity index (χ0n) is 13.6. The van der Waals surface area contributed by atoms with E-state index in [1.165, 1.54) is 24.3 Å². The minimum atomic E-state index is -4.43. The summed E-state index contributed by atoms with van der Waals surface area (Å²) in [5, 5.41) is 5.77. The van der Waals surface area contributed by atoms with E-state index in [2.05, 4.69) is 20.6 Å². The van der Waals surface area contributed by atoms with Crippen molar-refractivity contribution in [2.75, 3.05) is 10.6 Å². The molecule has 0 saturated carbocycles. The molecule has 26 heavy (non-hydrogen) atoms. The first-order chi connectivity index (χ1) is 12.3. The first kappa shape index (κ1) is 17.7. The number of hydrogen-bond acceptors (Lipinski definition) is 4. The fraction of sp³-hybridized carbons (Fsp3) is 0.111. The SMILES string of the molecule is Cc1cc(Nc2ccc(F)cc2)nc(Nc2cccc(C(F)(F)F)c2)n1. The number of hydrogen-bond donors (Lipinski definition) is 2. The Bertz CT molecular complexity index is 908. The van der Waals surface area contributed by atoms with Crippen LogP contribution in [-0.2, 0) is 6.18 Å². The Morgan fingerprint density at radius 1 is 0.846 bits per heavy atom. The molecule has 0 saturated heterocycles. The highest BCUT2D eigenvalue weighted by Gasteiger charge is 2.30. The summed E-state index contributed by atoms with van der Waals surface area (Å²) in [6.07, 6.45) is -4.43. The van der Waals surface area contributed by atoms with Crippen LogP contribution < -0.4 is 10.6 Å². The molecule has 4 nitrogen and oxygen atoms in total. The van der Waals surface area contributed by atoms with Crippen molar-refractivity contribution in [2.24, 2.45) is 0 Å². The molecule has 0 spiro atoms. The van der Waals surface area contributed by atoms with Crippen molar-refractivity contribution in [3.05, 3.63) is 71.7 Å². The van der Waals surface area contributed by atoms with Crippen LogP contribution in [0.1, 0.15) is 11.3 Å². The first-order valence-corrected chi connectivity index (χ1v) is 7.62. The fourth-order valence-corrected chi connectivity index (χ4v) is 2.27. The van der Waals surface area contributed by atoms with Crippen LogP contribution in [-0.4, -0.2) is 9.97 Å². The lowest BCUT2D eigenvalue weighted by Crippen LogP contribution is -2.06. The summed E-state index contributed by atoms with van der Waals surface area (Å²) in [5.41, 5.74) is 0.687. The average molecular weight is 362 g/mol. The fourth-order valence-electron chi connectivity index (χ4n) is 2.27. The molecule has 0 amide bonds. The molecule has 8 heteroatoms. The number of nitrogens with zero attached hydrogens (tertiary/aromatic N) is 2. The van der Waals surface area contributed by atoms with Gasteiger partial charge in [-0.15, -0.1) is 0 Å². The maximum Gasteiger partial charge on any atom is 0.416 e. The molecule has 0 atom stereocenters. The standard InChI is InChI=1S/C18H14F4N4/c1-11-9-16(24-14-7-5-13(19)6-8-14)26-17(23-11)25-15-4-2-3-12(10-15)18(20,21)22/h2-10H,1H3,(H2,23,24,25,26). The third-order valence-corrected chi connectivity index (χ3v) is 3.42. The van der Waals surface area contributed by atoms with Crippen LogP contribution in [0.3, 0.4) is 0 Å². The second kappa shape index (κ2) is 6.99. The predicted octanol–water partition coefficient (Wildman–Crippen LogP) is 5.43. The summed E-state index contributed by atoms with van der Waals surface area (Å²) < 4.78 is 51.4. The van der Waals surface area contributed by atoms with Crippen LogP contribution >= 0.6 is 0 Å². The Morgan fingerprint density at radius 3 is 2.27 bits per heavy atom. The van der Waals surface area contributed by atoms with E-state index in [-0.39, 0.29) is 17.5 Å². The summed E-state index contributed by atoms with van der Waals surface area (Å²) >= 11 is 0. The van der Waals surface area contributed by atoms with Crippen LogP contribution in [0, 0.1) is 12.7 Å². The van der Waals surface area contributed by atoms with Crippen LogP contribution in [0.4, 0.5) is 40.7 Å². The summed E-state index contributed by atoms with van der Waals surface area (Å²) in [5.74, 6) is 0.217.